The highest BCUT2D eigenvalue weighted by molar-refractivity contribution is 5.76. The number of carbonyl (C=O) groups excluding carboxylic acids is 1. The zero-order chi connectivity index (χ0) is 21.4. The Kier molecular flexibility index (Phi) is 5.44. The zero-order valence-electron chi connectivity index (χ0n) is 17.9. The van der Waals surface area contributed by atoms with Crippen LogP contribution in [-0.4, -0.2) is 64.0 Å². The Labute approximate surface area is 182 Å². The maximum absolute atomic E-state index is 13.7. The van der Waals surface area contributed by atoms with Crippen LogP contribution in [0.15, 0.2) is 41.4 Å². The summed E-state index contributed by atoms with van der Waals surface area (Å²) in [5.41, 5.74) is 3.42. The molecule has 0 spiro atoms. The molecule has 1 amide bonds. The summed E-state index contributed by atoms with van der Waals surface area (Å²) >= 11 is 0. The lowest BCUT2D eigenvalue weighted by atomic mass is 10.1. The number of dihydropyridines is 1. The molecule has 0 N–H and O–H groups in total. The number of rotatable bonds is 5. The Morgan fingerprint density at radius 3 is 2.65 bits per heavy atom. The maximum atomic E-state index is 13.7. The van der Waals surface area contributed by atoms with Gasteiger partial charge >= 0.3 is 0 Å². The lowest BCUT2D eigenvalue weighted by Crippen LogP contribution is -2.52. The van der Waals surface area contributed by atoms with E-state index in [0.717, 1.165) is 62.4 Å². The van der Waals surface area contributed by atoms with E-state index in [9.17, 15) is 9.18 Å². The van der Waals surface area contributed by atoms with Crippen LogP contribution >= 0.6 is 0 Å². The van der Waals surface area contributed by atoms with Gasteiger partial charge in [-0.1, -0.05) is 6.08 Å². The molecule has 6 nitrogen and oxygen atoms in total. The smallest absolute Gasteiger partial charge is 0.244 e. The van der Waals surface area contributed by atoms with Crippen LogP contribution in [0.5, 0.6) is 0 Å². The molecule has 1 aromatic heterocycles. The third-order valence-electron chi connectivity index (χ3n) is 6.46. The Morgan fingerprint density at radius 1 is 1.16 bits per heavy atom. The first-order valence-corrected chi connectivity index (χ1v) is 11.1. The minimum Gasteiger partial charge on any atom is -0.339 e. The highest BCUT2D eigenvalue weighted by atomic mass is 19.1. The van der Waals surface area contributed by atoms with Gasteiger partial charge in [-0.15, -0.1) is 0 Å². The molecule has 1 aromatic carbocycles. The van der Waals surface area contributed by atoms with Crippen LogP contribution in [0.2, 0.25) is 0 Å². The second-order valence-electron chi connectivity index (χ2n) is 8.71. The third-order valence-corrected chi connectivity index (χ3v) is 6.46. The Bertz CT molecular complexity index is 1030. The topological polar surface area (TPSA) is 53.7 Å². The van der Waals surface area contributed by atoms with Crippen LogP contribution < -0.4 is 0 Å². The molecule has 3 heterocycles. The molecule has 1 atom stereocenters. The average molecular weight is 422 g/mol. The lowest BCUT2D eigenvalue weighted by molar-refractivity contribution is -0.134. The van der Waals surface area contributed by atoms with E-state index >= 15 is 0 Å². The van der Waals surface area contributed by atoms with Crippen molar-refractivity contribution in [3.05, 3.63) is 53.5 Å². The molecule has 0 radical (unpaired) electrons. The largest absolute Gasteiger partial charge is 0.339 e. The van der Waals surface area contributed by atoms with Crippen LogP contribution in [0, 0.1) is 12.7 Å². The predicted molar refractivity (Wildman–Crippen MR) is 119 cm³/mol. The van der Waals surface area contributed by atoms with E-state index in [1.54, 1.807) is 13.0 Å². The summed E-state index contributed by atoms with van der Waals surface area (Å²) in [6, 6.07) is 7.14. The Balaban J connectivity index is 1.27. The number of piperazine rings is 1. The molecular formula is C24H28FN5O. The van der Waals surface area contributed by atoms with Crippen LogP contribution in [0.25, 0.3) is 11.3 Å². The van der Waals surface area contributed by atoms with Crippen molar-refractivity contribution < 1.29 is 9.18 Å². The minimum atomic E-state index is -0.213. The monoisotopic (exact) mass is 421 g/mol. The molecule has 162 valence electrons. The van der Waals surface area contributed by atoms with Crippen molar-refractivity contribution in [2.24, 2.45) is 4.99 Å². The number of benzene rings is 1. The fraction of sp³-hybridized carbons (Fsp3) is 0.458. The number of allylic oxidation sites excluding steroid dienone is 1. The van der Waals surface area contributed by atoms with E-state index in [0.29, 0.717) is 11.5 Å². The summed E-state index contributed by atoms with van der Waals surface area (Å²) < 4.78 is 15.5. The Hall–Kier alpha value is -2.80. The second-order valence-corrected chi connectivity index (χ2v) is 8.71. The van der Waals surface area contributed by atoms with Crippen LogP contribution in [0.3, 0.4) is 0 Å². The van der Waals surface area contributed by atoms with Crippen LogP contribution in [0.1, 0.15) is 36.4 Å². The molecule has 7 heteroatoms. The second kappa shape index (κ2) is 8.38. The van der Waals surface area contributed by atoms with Gasteiger partial charge < -0.3 is 4.90 Å². The molecule has 1 aliphatic carbocycles. The van der Waals surface area contributed by atoms with Gasteiger partial charge in [-0.2, -0.15) is 5.10 Å². The highest BCUT2D eigenvalue weighted by Crippen LogP contribution is 2.41. The van der Waals surface area contributed by atoms with Crippen LogP contribution in [-0.2, 0) is 11.3 Å². The first kappa shape index (κ1) is 20.1. The number of amides is 1. The summed E-state index contributed by atoms with van der Waals surface area (Å²) in [6.07, 6.45) is 9.41. The number of halogens is 1. The summed E-state index contributed by atoms with van der Waals surface area (Å²) in [7, 11) is 0. The molecular weight excluding hydrogens is 393 g/mol. The van der Waals surface area contributed by atoms with Crippen molar-refractivity contribution in [3.63, 3.8) is 0 Å². The fourth-order valence-electron chi connectivity index (χ4n) is 4.42. The summed E-state index contributed by atoms with van der Waals surface area (Å²) in [4.78, 5) is 21.9. The number of aromatic nitrogens is 2. The normalized spacial score (nSPS) is 21.6. The molecule has 5 rings (SSSR count). The summed E-state index contributed by atoms with van der Waals surface area (Å²) in [6.45, 7) is 5.15. The first-order chi connectivity index (χ1) is 15.1. The standard InChI is InChI=1S/C24H28FN5O/c1-17-14-19(7-8-20(17)25)21-15-22(18-5-6-18)30(27-21)16-24(31)29-12-10-28(11-13-29)23-4-2-3-9-26-23/h2-3,7-9,14-15,18,23H,4-6,10-13,16H2,1H3. The molecule has 1 saturated carbocycles. The van der Waals surface area contributed by atoms with Gasteiger partial charge in [0.05, 0.1) is 5.69 Å². The van der Waals surface area contributed by atoms with E-state index in [2.05, 4.69) is 22.0 Å². The quantitative estimate of drug-likeness (QED) is 0.744. The van der Waals surface area contributed by atoms with Gasteiger partial charge in [-0.3, -0.25) is 19.4 Å². The third kappa shape index (κ3) is 4.32. The van der Waals surface area contributed by atoms with Gasteiger partial charge in [0.15, 0.2) is 0 Å². The van der Waals surface area contributed by atoms with Gasteiger partial charge in [-0.25, -0.2) is 4.39 Å². The van der Waals surface area contributed by atoms with Crippen molar-refractivity contribution in [1.29, 1.82) is 0 Å². The van der Waals surface area contributed by atoms with Crippen molar-refractivity contribution >= 4 is 12.1 Å². The minimum absolute atomic E-state index is 0.110. The van der Waals surface area contributed by atoms with Gasteiger partial charge in [0.2, 0.25) is 5.91 Å². The number of hydrogen-bond donors (Lipinski definition) is 0. The number of aliphatic imine (C=N–C) groups is 1. The van der Waals surface area contributed by atoms with E-state index in [1.165, 1.54) is 6.07 Å². The fourth-order valence-corrected chi connectivity index (χ4v) is 4.42. The molecule has 3 aliphatic rings. The molecule has 2 aliphatic heterocycles. The van der Waals surface area contributed by atoms with E-state index in [1.807, 2.05) is 27.9 Å². The highest BCUT2D eigenvalue weighted by Gasteiger charge is 2.31. The van der Waals surface area contributed by atoms with Gasteiger partial charge in [0.1, 0.15) is 18.5 Å². The molecule has 2 aromatic rings. The maximum Gasteiger partial charge on any atom is 0.244 e. The van der Waals surface area contributed by atoms with Crippen molar-refractivity contribution in [2.75, 3.05) is 26.2 Å². The van der Waals surface area contributed by atoms with Gasteiger partial charge in [0.25, 0.3) is 0 Å². The molecule has 31 heavy (non-hydrogen) atoms. The summed E-state index contributed by atoms with van der Waals surface area (Å²) in [5, 5.41) is 4.75. The number of aryl methyl sites for hydroxylation is 1. The van der Waals surface area contributed by atoms with Gasteiger partial charge in [-0.05, 0) is 55.7 Å². The average Bonchev–Trinajstić information content (AvgIpc) is 3.56. The number of hydrogen-bond acceptors (Lipinski definition) is 4. The number of nitrogens with zero attached hydrogens (tertiary/aromatic N) is 5. The van der Waals surface area contributed by atoms with Crippen molar-refractivity contribution in [3.8, 4) is 11.3 Å². The van der Waals surface area contributed by atoms with E-state index < -0.39 is 0 Å². The lowest BCUT2D eigenvalue weighted by Gasteiger charge is -2.38. The van der Waals surface area contributed by atoms with E-state index in [-0.39, 0.29) is 24.4 Å². The zero-order valence-corrected chi connectivity index (χ0v) is 17.9. The molecule has 1 saturated heterocycles. The molecule has 1 unspecified atom stereocenters. The SMILES string of the molecule is Cc1cc(-c2cc(C3CC3)n(CC(=O)N3CCN(C4CC=CC=N4)CC3)n2)ccc1F. The number of carbonyl (C=O) groups is 1. The first-order valence-electron chi connectivity index (χ1n) is 11.1. The summed E-state index contributed by atoms with van der Waals surface area (Å²) in [5.74, 6) is 0.373. The molecule has 2 fully saturated rings. The Morgan fingerprint density at radius 2 is 1.97 bits per heavy atom. The predicted octanol–water partition coefficient (Wildman–Crippen LogP) is 3.38. The van der Waals surface area contributed by atoms with E-state index in [4.69, 9.17) is 5.10 Å². The van der Waals surface area contributed by atoms with Crippen molar-refractivity contribution in [2.45, 2.75) is 44.8 Å². The van der Waals surface area contributed by atoms with Crippen LogP contribution in [0.4, 0.5) is 4.39 Å². The molecule has 0 bridgehead atoms. The van der Waals surface area contributed by atoms with Crippen molar-refractivity contribution in [1.82, 2.24) is 19.6 Å². The van der Waals surface area contributed by atoms with Gasteiger partial charge in [0, 0.05) is 56.0 Å².